The minimum absolute atomic E-state index is 0.0690. The highest BCUT2D eigenvalue weighted by Crippen LogP contribution is 2.68. The van der Waals surface area contributed by atoms with Crippen LogP contribution in [0.3, 0.4) is 0 Å². The van der Waals surface area contributed by atoms with E-state index in [0.29, 0.717) is 28.9 Å². The van der Waals surface area contributed by atoms with Gasteiger partial charge in [-0.2, -0.15) is 0 Å². The molecule has 5 nitrogen and oxygen atoms in total. The second-order valence-corrected chi connectivity index (χ2v) is 13.6. The van der Waals surface area contributed by atoms with Gasteiger partial charge in [0.15, 0.2) is 0 Å². The van der Waals surface area contributed by atoms with Crippen molar-refractivity contribution in [3.8, 4) is 0 Å². The van der Waals surface area contributed by atoms with Gasteiger partial charge in [-0.3, -0.25) is 9.59 Å². The molecule has 1 aromatic carbocycles. The van der Waals surface area contributed by atoms with Gasteiger partial charge < -0.3 is 15.0 Å². The molecule has 1 N–H and O–H groups in total. The van der Waals surface area contributed by atoms with Crippen LogP contribution in [-0.4, -0.2) is 49.1 Å². The SMILES string of the molecule is CC(=O)OC1C(NC(=O)c2ccccc2)CCC2(C)C3CCC4(C)C(CCC4C(C)N(C)C)C3CCC12. The average Bonchev–Trinajstić information content (AvgIpc) is 3.22. The first-order valence-corrected chi connectivity index (χ1v) is 14.8. The molecule has 4 saturated carbocycles. The minimum Gasteiger partial charge on any atom is -0.460 e. The van der Waals surface area contributed by atoms with Crippen LogP contribution in [0.5, 0.6) is 0 Å². The molecule has 4 aliphatic carbocycles. The number of carbonyl (C=O) groups is 2. The van der Waals surface area contributed by atoms with Gasteiger partial charge in [-0.25, -0.2) is 0 Å². The number of rotatable bonds is 5. The maximum atomic E-state index is 13.1. The normalized spacial score (nSPS) is 41.8. The molecule has 1 aromatic rings. The van der Waals surface area contributed by atoms with Crippen molar-refractivity contribution < 1.29 is 14.3 Å². The van der Waals surface area contributed by atoms with Gasteiger partial charge in [-0.05, 0) is 119 Å². The highest BCUT2D eigenvalue weighted by molar-refractivity contribution is 5.94. The molecule has 5 rings (SSSR count). The van der Waals surface area contributed by atoms with Gasteiger partial charge in [-0.1, -0.05) is 32.0 Å². The molecular weight excluding hydrogens is 460 g/mol. The van der Waals surface area contributed by atoms with E-state index in [-0.39, 0.29) is 29.4 Å². The summed E-state index contributed by atoms with van der Waals surface area (Å²) in [4.78, 5) is 27.8. The number of nitrogens with one attached hydrogen (secondary N) is 1. The first-order valence-electron chi connectivity index (χ1n) is 14.8. The molecule has 5 heteroatoms. The number of nitrogens with zero attached hydrogens (tertiary/aromatic N) is 1. The fraction of sp³-hybridized carbons (Fsp3) is 0.750. The Morgan fingerprint density at radius 1 is 0.919 bits per heavy atom. The predicted octanol–water partition coefficient (Wildman–Crippen LogP) is 5.94. The zero-order valence-electron chi connectivity index (χ0n) is 23.8. The van der Waals surface area contributed by atoms with Crippen molar-refractivity contribution >= 4 is 11.9 Å². The molecule has 4 fully saturated rings. The maximum Gasteiger partial charge on any atom is 0.302 e. The first kappa shape index (κ1) is 26.7. The van der Waals surface area contributed by atoms with Crippen molar-refractivity contribution in [2.75, 3.05) is 14.1 Å². The summed E-state index contributed by atoms with van der Waals surface area (Å²) >= 11 is 0. The van der Waals surface area contributed by atoms with E-state index in [4.69, 9.17) is 4.74 Å². The second kappa shape index (κ2) is 10.0. The highest BCUT2D eigenvalue weighted by atomic mass is 16.5. The summed E-state index contributed by atoms with van der Waals surface area (Å²) in [6, 6.07) is 9.89. The Kier molecular flexibility index (Phi) is 7.23. The lowest BCUT2D eigenvalue weighted by Crippen LogP contribution is -2.62. The standard InChI is InChI=1S/C32H48N2O3/c1-20(34(5)6)24-14-15-25-23-12-13-27-29(37-21(2)35)28(33-30(36)22-10-8-7-9-11-22)17-19-32(27,4)26(23)16-18-31(24,25)3/h7-11,20,23-29H,12-19H2,1-6H3,(H,33,36). The number of fused-ring (bicyclic) bond motifs is 5. The Bertz CT molecular complexity index is 995. The van der Waals surface area contributed by atoms with E-state index in [2.05, 4.69) is 45.1 Å². The largest absolute Gasteiger partial charge is 0.460 e. The molecule has 37 heavy (non-hydrogen) atoms. The maximum absolute atomic E-state index is 13.1. The number of amides is 1. The number of esters is 1. The van der Waals surface area contributed by atoms with Crippen molar-refractivity contribution in [2.45, 2.75) is 97.2 Å². The topological polar surface area (TPSA) is 58.6 Å². The average molecular weight is 509 g/mol. The fourth-order valence-electron chi connectivity index (χ4n) is 9.85. The van der Waals surface area contributed by atoms with Gasteiger partial charge in [0, 0.05) is 24.4 Å². The quantitative estimate of drug-likeness (QED) is 0.501. The summed E-state index contributed by atoms with van der Waals surface area (Å²) in [6.45, 7) is 9.05. The zero-order chi connectivity index (χ0) is 26.5. The fourth-order valence-corrected chi connectivity index (χ4v) is 9.85. The third-order valence-electron chi connectivity index (χ3n) is 11.9. The van der Waals surface area contributed by atoms with Crippen LogP contribution in [-0.2, 0) is 9.53 Å². The van der Waals surface area contributed by atoms with E-state index < -0.39 is 0 Å². The molecule has 0 heterocycles. The molecule has 10 atom stereocenters. The Hall–Kier alpha value is -1.88. The van der Waals surface area contributed by atoms with Crippen molar-refractivity contribution in [1.82, 2.24) is 10.2 Å². The zero-order valence-corrected chi connectivity index (χ0v) is 23.8. The van der Waals surface area contributed by atoms with Crippen LogP contribution in [0.25, 0.3) is 0 Å². The van der Waals surface area contributed by atoms with Gasteiger partial charge in [0.2, 0.25) is 0 Å². The monoisotopic (exact) mass is 508 g/mol. The minimum atomic E-state index is -0.247. The molecule has 4 aliphatic rings. The highest BCUT2D eigenvalue weighted by Gasteiger charge is 2.62. The van der Waals surface area contributed by atoms with Crippen LogP contribution < -0.4 is 5.32 Å². The van der Waals surface area contributed by atoms with Crippen LogP contribution in [0.4, 0.5) is 0 Å². The third kappa shape index (κ3) is 4.53. The van der Waals surface area contributed by atoms with Crippen LogP contribution in [0.15, 0.2) is 30.3 Å². The van der Waals surface area contributed by atoms with Gasteiger partial charge >= 0.3 is 5.97 Å². The number of benzene rings is 1. The molecule has 0 aliphatic heterocycles. The Balaban J connectivity index is 1.37. The Labute approximate surface area is 224 Å². The third-order valence-corrected chi connectivity index (χ3v) is 11.9. The molecule has 10 unspecified atom stereocenters. The lowest BCUT2D eigenvalue weighted by atomic mass is 9.44. The molecule has 1 amide bonds. The lowest BCUT2D eigenvalue weighted by molar-refractivity contribution is -0.179. The summed E-state index contributed by atoms with van der Waals surface area (Å²) in [5, 5.41) is 3.26. The van der Waals surface area contributed by atoms with E-state index in [9.17, 15) is 9.59 Å². The van der Waals surface area contributed by atoms with Crippen LogP contribution >= 0.6 is 0 Å². The molecule has 0 bridgehead atoms. The van der Waals surface area contributed by atoms with E-state index in [1.54, 1.807) is 0 Å². The van der Waals surface area contributed by atoms with E-state index in [1.165, 1.54) is 39.0 Å². The molecular formula is C32H48N2O3. The summed E-state index contributed by atoms with van der Waals surface area (Å²) in [5.41, 5.74) is 1.25. The van der Waals surface area contributed by atoms with Gasteiger partial charge in [-0.15, -0.1) is 0 Å². The van der Waals surface area contributed by atoms with Crippen molar-refractivity contribution in [2.24, 2.45) is 40.4 Å². The summed E-state index contributed by atoms with van der Waals surface area (Å²) in [6.07, 6.45) is 9.36. The van der Waals surface area contributed by atoms with E-state index >= 15 is 0 Å². The van der Waals surface area contributed by atoms with E-state index in [1.807, 2.05) is 30.3 Å². The van der Waals surface area contributed by atoms with Gasteiger partial charge in [0.05, 0.1) is 6.04 Å². The van der Waals surface area contributed by atoms with Crippen molar-refractivity contribution in [1.29, 1.82) is 0 Å². The van der Waals surface area contributed by atoms with Crippen LogP contribution in [0.1, 0.15) is 89.4 Å². The molecule has 204 valence electrons. The van der Waals surface area contributed by atoms with Crippen molar-refractivity contribution in [3.63, 3.8) is 0 Å². The van der Waals surface area contributed by atoms with Crippen LogP contribution in [0.2, 0.25) is 0 Å². The summed E-state index contributed by atoms with van der Waals surface area (Å²) in [7, 11) is 4.48. The molecule has 0 spiro atoms. The number of ether oxygens (including phenoxy) is 1. The Morgan fingerprint density at radius 3 is 2.24 bits per heavy atom. The predicted molar refractivity (Wildman–Crippen MR) is 147 cm³/mol. The van der Waals surface area contributed by atoms with Gasteiger partial charge in [0.1, 0.15) is 6.10 Å². The van der Waals surface area contributed by atoms with E-state index in [0.717, 1.165) is 37.0 Å². The summed E-state index contributed by atoms with van der Waals surface area (Å²) < 4.78 is 6.08. The van der Waals surface area contributed by atoms with Crippen molar-refractivity contribution in [3.05, 3.63) is 35.9 Å². The second-order valence-electron chi connectivity index (χ2n) is 13.6. The Morgan fingerprint density at radius 2 is 1.57 bits per heavy atom. The lowest BCUT2D eigenvalue weighted by Gasteiger charge is -2.62. The van der Waals surface area contributed by atoms with Gasteiger partial charge in [0.25, 0.3) is 5.91 Å². The molecule has 0 aromatic heterocycles. The first-order chi connectivity index (χ1) is 17.6. The molecule has 0 radical (unpaired) electrons. The van der Waals surface area contributed by atoms with Crippen LogP contribution in [0, 0.1) is 40.4 Å². The smallest absolute Gasteiger partial charge is 0.302 e. The number of hydrogen-bond donors (Lipinski definition) is 1. The molecule has 0 saturated heterocycles. The number of carbonyl (C=O) groups excluding carboxylic acids is 2. The number of hydrogen-bond acceptors (Lipinski definition) is 4. The summed E-state index contributed by atoms with van der Waals surface area (Å²) in [5.74, 6) is 3.03.